The molecule has 19 heavy (non-hydrogen) atoms. The summed E-state index contributed by atoms with van der Waals surface area (Å²) in [7, 11) is 1.92. The first-order chi connectivity index (χ1) is 9.20. The Balaban J connectivity index is 2.17. The summed E-state index contributed by atoms with van der Waals surface area (Å²) in [6.07, 6.45) is 4.99. The maximum atomic E-state index is 6.32. The van der Waals surface area contributed by atoms with E-state index in [0.717, 1.165) is 34.3 Å². The van der Waals surface area contributed by atoms with Crippen LogP contribution in [-0.4, -0.2) is 16.3 Å². The smallest absolute Gasteiger partial charge is 0.0629 e. The van der Waals surface area contributed by atoms with Crippen molar-refractivity contribution in [1.29, 1.82) is 0 Å². The Morgan fingerprint density at radius 2 is 2.26 bits per heavy atom. The third-order valence-electron chi connectivity index (χ3n) is 2.69. The summed E-state index contributed by atoms with van der Waals surface area (Å²) in [5.74, 6) is 0. The van der Waals surface area contributed by atoms with E-state index in [0.29, 0.717) is 0 Å². The second-order valence-corrected chi connectivity index (χ2v) is 5.85. The van der Waals surface area contributed by atoms with Crippen molar-refractivity contribution in [2.45, 2.75) is 29.7 Å². The number of benzene rings is 1. The summed E-state index contributed by atoms with van der Waals surface area (Å²) in [5.41, 5.74) is 1.23. The van der Waals surface area contributed by atoms with Gasteiger partial charge in [0.15, 0.2) is 0 Å². The number of nitrogens with zero attached hydrogens (tertiary/aromatic N) is 2. The molecular weight excluding hydrogens is 278 g/mol. The summed E-state index contributed by atoms with van der Waals surface area (Å²) in [6, 6.07) is 6.05. The van der Waals surface area contributed by atoms with Crippen LogP contribution in [0, 0.1) is 0 Å². The molecule has 2 aromatic rings. The summed E-state index contributed by atoms with van der Waals surface area (Å²) in [4.78, 5) is 2.22. The normalized spacial score (nSPS) is 10.9. The topological polar surface area (TPSA) is 29.9 Å². The molecule has 0 fully saturated rings. The maximum absolute atomic E-state index is 6.32. The minimum Gasteiger partial charge on any atom is -0.313 e. The predicted octanol–water partition coefficient (Wildman–Crippen LogP) is 3.72. The number of aryl methyl sites for hydroxylation is 1. The van der Waals surface area contributed by atoms with Gasteiger partial charge in [0.1, 0.15) is 0 Å². The van der Waals surface area contributed by atoms with Crippen molar-refractivity contribution in [2.24, 2.45) is 7.05 Å². The van der Waals surface area contributed by atoms with Gasteiger partial charge in [-0.25, -0.2) is 0 Å². The molecule has 0 radical (unpaired) electrons. The fourth-order valence-electron chi connectivity index (χ4n) is 1.78. The average molecular weight is 296 g/mol. The highest BCUT2D eigenvalue weighted by Gasteiger charge is 2.09. The van der Waals surface area contributed by atoms with Crippen LogP contribution < -0.4 is 5.32 Å². The van der Waals surface area contributed by atoms with Crippen LogP contribution in [0.5, 0.6) is 0 Å². The van der Waals surface area contributed by atoms with E-state index in [9.17, 15) is 0 Å². The summed E-state index contributed by atoms with van der Waals surface area (Å²) in [5, 5.41) is 8.40. The lowest BCUT2D eigenvalue weighted by Crippen LogP contribution is -2.14. The summed E-state index contributed by atoms with van der Waals surface area (Å²) < 4.78 is 1.80. The Morgan fingerprint density at radius 1 is 1.42 bits per heavy atom. The van der Waals surface area contributed by atoms with Crippen molar-refractivity contribution in [3.8, 4) is 0 Å². The lowest BCUT2D eigenvalue weighted by Gasteiger charge is -2.10. The van der Waals surface area contributed by atoms with Gasteiger partial charge in [-0.2, -0.15) is 5.10 Å². The van der Waals surface area contributed by atoms with Crippen LogP contribution >= 0.6 is 23.4 Å². The molecule has 0 aliphatic rings. The minimum absolute atomic E-state index is 0.796. The van der Waals surface area contributed by atoms with Crippen molar-refractivity contribution in [2.75, 3.05) is 6.54 Å². The van der Waals surface area contributed by atoms with Crippen LogP contribution in [0.25, 0.3) is 0 Å². The Kier molecular flexibility index (Phi) is 5.31. The fourth-order valence-corrected chi connectivity index (χ4v) is 3.06. The Bertz CT molecular complexity index is 539. The van der Waals surface area contributed by atoms with Crippen molar-refractivity contribution in [3.63, 3.8) is 0 Å². The van der Waals surface area contributed by atoms with Gasteiger partial charge in [0, 0.05) is 24.7 Å². The molecule has 0 bridgehead atoms. The van der Waals surface area contributed by atoms with E-state index in [1.165, 1.54) is 5.56 Å². The molecule has 3 nitrogen and oxygen atoms in total. The highest BCUT2D eigenvalue weighted by Crippen LogP contribution is 2.35. The second kappa shape index (κ2) is 6.98. The van der Waals surface area contributed by atoms with E-state index in [2.05, 4.69) is 23.4 Å². The number of halogens is 1. The highest BCUT2D eigenvalue weighted by molar-refractivity contribution is 7.99. The van der Waals surface area contributed by atoms with Gasteiger partial charge < -0.3 is 5.32 Å². The quantitative estimate of drug-likeness (QED) is 0.824. The molecule has 1 aromatic carbocycles. The molecule has 2 rings (SSSR count). The molecule has 0 aliphatic heterocycles. The first-order valence-electron chi connectivity index (χ1n) is 6.35. The Morgan fingerprint density at radius 3 is 2.95 bits per heavy atom. The lowest BCUT2D eigenvalue weighted by molar-refractivity contribution is 0.669. The lowest BCUT2D eigenvalue weighted by atomic mass is 10.2. The first kappa shape index (κ1) is 14.4. The monoisotopic (exact) mass is 295 g/mol. The van der Waals surface area contributed by atoms with Gasteiger partial charge in [0.25, 0.3) is 0 Å². The average Bonchev–Trinajstić information content (AvgIpc) is 2.79. The van der Waals surface area contributed by atoms with Crippen molar-refractivity contribution in [3.05, 3.63) is 41.2 Å². The zero-order valence-electron chi connectivity index (χ0n) is 11.2. The molecule has 0 spiro atoms. The molecule has 0 aliphatic carbocycles. The van der Waals surface area contributed by atoms with Crippen LogP contribution in [0.1, 0.15) is 18.9 Å². The van der Waals surface area contributed by atoms with E-state index in [-0.39, 0.29) is 0 Å². The number of rotatable bonds is 6. The molecule has 1 N–H and O–H groups in total. The van der Waals surface area contributed by atoms with E-state index in [4.69, 9.17) is 11.6 Å². The van der Waals surface area contributed by atoms with Crippen LogP contribution in [0.3, 0.4) is 0 Å². The third kappa shape index (κ3) is 4.00. The van der Waals surface area contributed by atoms with Gasteiger partial charge in [0.2, 0.25) is 0 Å². The predicted molar refractivity (Wildman–Crippen MR) is 80.8 cm³/mol. The zero-order valence-corrected chi connectivity index (χ0v) is 12.8. The van der Waals surface area contributed by atoms with Crippen LogP contribution in [0.4, 0.5) is 0 Å². The standard InChI is InChI=1S/C14H18ClN3S/c1-3-7-16-8-11-5-4-6-13(15)14(11)19-12-9-17-18(2)10-12/h4-6,9-10,16H,3,7-8H2,1-2H3. The second-order valence-electron chi connectivity index (χ2n) is 4.36. The van der Waals surface area contributed by atoms with Crippen molar-refractivity contribution in [1.82, 2.24) is 15.1 Å². The highest BCUT2D eigenvalue weighted by atomic mass is 35.5. The number of hydrogen-bond acceptors (Lipinski definition) is 3. The molecule has 0 atom stereocenters. The molecule has 0 saturated carbocycles. The van der Waals surface area contributed by atoms with Gasteiger partial charge in [-0.3, -0.25) is 4.68 Å². The van der Waals surface area contributed by atoms with Gasteiger partial charge in [0.05, 0.1) is 16.1 Å². The number of hydrogen-bond donors (Lipinski definition) is 1. The Labute approximate surface area is 123 Å². The van der Waals surface area contributed by atoms with Crippen molar-refractivity contribution >= 4 is 23.4 Å². The van der Waals surface area contributed by atoms with Crippen LogP contribution in [0.15, 0.2) is 40.4 Å². The SMILES string of the molecule is CCCNCc1cccc(Cl)c1Sc1cnn(C)c1. The van der Waals surface area contributed by atoms with Crippen molar-refractivity contribution < 1.29 is 0 Å². The summed E-state index contributed by atoms with van der Waals surface area (Å²) in [6.45, 7) is 4.02. The molecule has 0 unspecified atom stereocenters. The van der Waals surface area contributed by atoms with E-state index >= 15 is 0 Å². The molecular formula is C14H18ClN3S. The van der Waals surface area contributed by atoms with Crippen LogP contribution in [-0.2, 0) is 13.6 Å². The Hall–Kier alpha value is -0.970. The van der Waals surface area contributed by atoms with Gasteiger partial charge in [-0.05, 0) is 24.6 Å². The number of aromatic nitrogens is 2. The molecule has 5 heteroatoms. The summed E-state index contributed by atoms with van der Waals surface area (Å²) >= 11 is 7.99. The van der Waals surface area contributed by atoms with Gasteiger partial charge >= 0.3 is 0 Å². The first-order valence-corrected chi connectivity index (χ1v) is 7.54. The molecule has 0 amide bonds. The van der Waals surface area contributed by atoms with E-state index in [1.54, 1.807) is 16.4 Å². The van der Waals surface area contributed by atoms with Crippen LogP contribution in [0.2, 0.25) is 5.02 Å². The fraction of sp³-hybridized carbons (Fsp3) is 0.357. The van der Waals surface area contributed by atoms with Gasteiger partial charge in [-0.1, -0.05) is 42.4 Å². The van der Waals surface area contributed by atoms with E-state index < -0.39 is 0 Å². The molecule has 1 aromatic heterocycles. The minimum atomic E-state index is 0.796. The van der Waals surface area contributed by atoms with E-state index in [1.807, 2.05) is 31.6 Å². The molecule has 0 saturated heterocycles. The number of nitrogens with one attached hydrogen (secondary N) is 1. The maximum Gasteiger partial charge on any atom is 0.0629 e. The largest absolute Gasteiger partial charge is 0.313 e. The zero-order chi connectivity index (χ0) is 13.7. The third-order valence-corrected chi connectivity index (χ3v) is 4.25. The molecule has 102 valence electrons. The van der Waals surface area contributed by atoms with Gasteiger partial charge in [-0.15, -0.1) is 0 Å². The molecule has 1 heterocycles.